The Hall–Kier alpha value is -2.64. The Kier molecular flexibility index (Phi) is 5.19. The molecular formula is C21H14Br2N2O3. The first-order chi connectivity index (χ1) is 13.5. The van der Waals surface area contributed by atoms with Crippen molar-refractivity contribution in [2.24, 2.45) is 0 Å². The SMILES string of the molecule is COc1ccc(Br)cc1C(=O)Nc1ccc2oc(-c3ccc(Br)cc3)nc2c1. The fourth-order valence-electron chi connectivity index (χ4n) is 2.78. The van der Waals surface area contributed by atoms with Gasteiger partial charge in [0.2, 0.25) is 5.89 Å². The van der Waals surface area contributed by atoms with Gasteiger partial charge in [0.05, 0.1) is 12.7 Å². The van der Waals surface area contributed by atoms with E-state index >= 15 is 0 Å². The number of carbonyl (C=O) groups is 1. The van der Waals surface area contributed by atoms with Crippen molar-refractivity contribution in [2.75, 3.05) is 12.4 Å². The molecular weight excluding hydrogens is 488 g/mol. The lowest BCUT2D eigenvalue weighted by molar-refractivity contribution is 0.102. The number of halogens is 2. The number of methoxy groups -OCH3 is 1. The first-order valence-electron chi connectivity index (χ1n) is 8.35. The average molecular weight is 502 g/mol. The molecule has 3 aromatic carbocycles. The summed E-state index contributed by atoms with van der Waals surface area (Å²) < 4.78 is 12.9. The quantitative estimate of drug-likeness (QED) is 0.357. The zero-order valence-corrected chi connectivity index (χ0v) is 17.9. The number of anilines is 1. The van der Waals surface area contributed by atoms with Crippen LogP contribution in [0, 0.1) is 0 Å². The second kappa shape index (κ2) is 7.77. The van der Waals surface area contributed by atoms with E-state index < -0.39 is 0 Å². The van der Waals surface area contributed by atoms with Crippen LogP contribution >= 0.6 is 31.9 Å². The summed E-state index contributed by atoms with van der Waals surface area (Å²) in [7, 11) is 1.53. The summed E-state index contributed by atoms with van der Waals surface area (Å²) in [5, 5.41) is 2.88. The number of amides is 1. The van der Waals surface area contributed by atoms with Gasteiger partial charge in [0.15, 0.2) is 5.58 Å². The minimum Gasteiger partial charge on any atom is -0.496 e. The molecule has 0 bridgehead atoms. The van der Waals surface area contributed by atoms with E-state index in [1.165, 1.54) is 7.11 Å². The normalized spacial score (nSPS) is 10.8. The van der Waals surface area contributed by atoms with Gasteiger partial charge in [-0.15, -0.1) is 0 Å². The van der Waals surface area contributed by atoms with Gasteiger partial charge in [-0.05, 0) is 60.7 Å². The van der Waals surface area contributed by atoms with Gasteiger partial charge in [0.1, 0.15) is 11.3 Å². The Bertz CT molecular complexity index is 1170. The monoisotopic (exact) mass is 500 g/mol. The van der Waals surface area contributed by atoms with Crippen LogP contribution in [0.15, 0.2) is 74.0 Å². The molecule has 0 spiro atoms. The predicted octanol–water partition coefficient (Wildman–Crippen LogP) is 6.28. The van der Waals surface area contributed by atoms with E-state index in [0.29, 0.717) is 34.0 Å². The lowest BCUT2D eigenvalue weighted by Gasteiger charge is -2.09. The van der Waals surface area contributed by atoms with Crippen LogP contribution in [0.2, 0.25) is 0 Å². The molecule has 4 aromatic rings. The Morgan fingerprint density at radius 1 is 1.00 bits per heavy atom. The van der Waals surface area contributed by atoms with Crippen LogP contribution < -0.4 is 10.1 Å². The summed E-state index contributed by atoms with van der Waals surface area (Å²) in [4.78, 5) is 17.2. The van der Waals surface area contributed by atoms with E-state index in [4.69, 9.17) is 9.15 Å². The molecule has 0 aliphatic carbocycles. The maximum atomic E-state index is 12.7. The number of rotatable bonds is 4. The third kappa shape index (κ3) is 3.81. The molecule has 0 saturated heterocycles. The Labute approximate surface area is 178 Å². The van der Waals surface area contributed by atoms with Crippen molar-refractivity contribution in [1.29, 1.82) is 0 Å². The number of nitrogens with one attached hydrogen (secondary N) is 1. The van der Waals surface area contributed by atoms with Crippen LogP contribution in [0.3, 0.4) is 0 Å². The summed E-state index contributed by atoms with van der Waals surface area (Å²) in [6.07, 6.45) is 0. The fourth-order valence-corrected chi connectivity index (χ4v) is 3.40. The molecule has 140 valence electrons. The topological polar surface area (TPSA) is 64.4 Å². The number of hydrogen-bond acceptors (Lipinski definition) is 4. The minimum absolute atomic E-state index is 0.269. The molecule has 7 heteroatoms. The van der Waals surface area contributed by atoms with Crippen molar-refractivity contribution < 1.29 is 13.9 Å². The van der Waals surface area contributed by atoms with Crippen LogP contribution in [-0.2, 0) is 0 Å². The molecule has 0 aliphatic heterocycles. The first kappa shape index (κ1) is 18.7. The van der Waals surface area contributed by atoms with Gasteiger partial charge in [0, 0.05) is 20.2 Å². The Morgan fingerprint density at radius 2 is 1.75 bits per heavy atom. The van der Waals surface area contributed by atoms with E-state index in [0.717, 1.165) is 14.5 Å². The molecule has 0 saturated carbocycles. The highest BCUT2D eigenvalue weighted by molar-refractivity contribution is 9.10. The zero-order valence-electron chi connectivity index (χ0n) is 14.7. The average Bonchev–Trinajstić information content (AvgIpc) is 3.11. The van der Waals surface area contributed by atoms with Gasteiger partial charge in [0.25, 0.3) is 5.91 Å². The molecule has 4 rings (SSSR count). The fraction of sp³-hybridized carbons (Fsp3) is 0.0476. The maximum absolute atomic E-state index is 12.7. The molecule has 0 radical (unpaired) electrons. The number of ether oxygens (including phenoxy) is 1. The third-order valence-corrected chi connectivity index (χ3v) is 5.16. The first-order valence-corrected chi connectivity index (χ1v) is 9.93. The van der Waals surface area contributed by atoms with Gasteiger partial charge >= 0.3 is 0 Å². The summed E-state index contributed by atoms with van der Waals surface area (Å²) in [5.41, 5.74) is 3.25. The molecule has 1 amide bonds. The van der Waals surface area contributed by atoms with E-state index in [1.807, 2.05) is 30.3 Å². The van der Waals surface area contributed by atoms with Crippen molar-refractivity contribution in [3.05, 3.63) is 75.2 Å². The second-order valence-electron chi connectivity index (χ2n) is 6.01. The van der Waals surface area contributed by atoms with Crippen LogP contribution in [0.4, 0.5) is 5.69 Å². The standard InChI is InChI=1S/C21H14Br2N2O3/c1-27-18-8-6-14(23)10-16(18)20(26)24-15-7-9-19-17(11-15)25-21(28-19)12-2-4-13(22)5-3-12/h2-11H,1H3,(H,24,26). The number of aromatic nitrogens is 1. The molecule has 0 atom stereocenters. The summed E-state index contributed by atoms with van der Waals surface area (Å²) in [6, 6.07) is 18.3. The lowest BCUT2D eigenvalue weighted by Crippen LogP contribution is -2.13. The van der Waals surface area contributed by atoms with E-state index in [1.54, 1.807) is 30.3 Å². The number of nitrogens with zero attached hydrogens (tertiary/aromatic N) is 1. The smallest absolute Gasteiger partial charge is 0.259 e. The van der Waals surface area contributed by atoms with Crippen molar-refractivity contribution in [3.8, 4) is 17.2 Å². The predicted molar refractivity (Wildman–Crippen MR) is 116 cm³/mol. The van der Waals surface area contributed by atoms with Gasteiger partial charge in [-0.1, -0.05) is 31.9 Å². The largest absolute Gasteiger partial charge is 0.496 e. The maximum Gasteiger partial charge on any atom is 0.259 e. The number of hydrogen-bond donors (Lipinski definition) is 1. The molecule has 1 aromatic heterocycles. The highest BCUT2D eigenvalue weighted by Gasteiger charge is 2.14. The van der Waals surface area contributed by atoms with E-state index in [-0.39, 0.29) is 5.91 Å². The van der Waals surface area contributed by atoms with Crippen LogP contribution in [-0.4, -0.2) is 18.0 Å². The molecule has 1 N–H and O–H groups in total. The lowest BCUT2D eigenvalue weighted by atomic mass is 10.2. The number of fused-ring (bicyclic) bond motifs is 1. The highest BCUT2D eigenvalue weighted by atomic mass is 79.9. The van der Waals surface area contributed by atoms with Gasteiger partial charge in [-0.3, -0.25) is 4.79 Å². The van der Waals surface area contributed by atoms with E-state index in [9.17, 15) is 4.79 Å². The number of carbonyl (C=O) groups excluding carboxylic acids is 1. The second-order valence-corrected chi connectivity index (χ2v) is 7.84. The highest BCUT2D eigenvalue weighted by Crippen LogP contribution is 2.28. The third-order valence-electron chi connectivity index (χ3n) is 4.14. The Morgan fingerprint density at radius 3 is 2.50 bits per heavy atom. The van der Waals surface area contributed by atoms with Crippen LogP contribution in [0.5, 0.6) is 5.75 Å². The van der Waals surface area contributed by atoms with Crippen LogP contribution in [0.25, 0.3) is 22.6 Å². The minimum atomic E-state index is -0.269. The Balaban J connectivity index is 1.62. The van der Waals surface area contributed by atoms with Gasteiger partial charge in [-0.2, -0.15) is 0 Å². The van der Waals surface area contributed by atoms with E-state index in [2.05, 4.69) is 42.2 Å². The zero-order chi connectivity index (χ0) is 19.7. The molecule has 0 unspecified atom stereocenters. The summed E-state index contributed by atoms with van der Waals surface area (Å²) in [6.45, 7) is 0. The molecule has 1 heterocycles. The van der Waals surface area contributed by atoms with Gasteiger partial charge in [-0.25, -0.2) is 4.98 Å². The molecule has 28 heavy (non-hydrogen) atoms. The van der Waals surface area contributed by atoms with Crippen LogP contribution in [0.1, 0.15) is 10.4 Å². The molecule has 0 fully saturated rings. The van der Waals surface area contributed by atoms with Crippen molar-refractivity contribution in [3.63, 3.8) is 0 Å². The number of oxazole rings is 1. The number of benzene rings is 3. The summed E-state index contributed by atoms with van der Waals surface area (Å²) >= 11 is 6.80. The van der Waals surface area contributed by atoms with Crippen molar-refractivity contribution >= 4 is 54.6 Å². The summed E-state index contributed by atoms with van der Waals surface area (Å²) in [5.74, 6) is 0.759. The van der Waals surface area contributed by atoms with Gasteiger partial charge < -0.3 is 14.5 Å². The molecule has 5 nitrogen and oxygen atoms in total. The van der Waals surface area contributed by atoms with Crippen molar-refractivity contribution in [1.82, 2.24) is 4.98 Å². The molecule has 0 aliphatic rings. The van der Waals surface area contributed by atoms with Crippen molar-refractivity contribution in [2.45, 2.75) is 0 Å².